The molecule has 1 rings (SSSR count). The van der Waals surface area contributed by atoms with Gasteiger partial charge in [-0.25, -0.2) is 0 Å². The van der Waals surface area contributed by atoms with E-state index in [2.05, 4.69) is 12.2 Å². The maximum Gasteiger partial charge on any atom is 0.245 e. The van der Waals surface area contributed by atoms with Gasteiger partial charge in [-0.15, -0.1) is 0 Å². The number of nitrogens with two attached hydrogens (primary N) is 1. The Kier molecular flexibility index (Phi) is 6.65. The van der Waals surface area contributed by atoms with E-state index in [1.807, 2.05) is 32.6 Å². The van der Waals surface area contributed by atoms with Gasteiger partial charge in [0.2, 0.25) is 11.8 Å². The topological polar surface area (TPSA) is 75.4 Å². The van der Waals surface area contributed by atoms with Gasteiger partial charge >= 0.3 is 0 Å². The lowest BCUT2D eigenvalue weighted by atomic mass is 10.0. The molecule has 2 amide bonds. The molecule has 3 N–H and O–H groups in total. The molecular formula is C16H31N3O2. The number of amides is 2. The summed E-state index contributed by atoms with van der Waals surface area (Å²) in [7, 11) is 0. The molecule has 21 heavy (non-hydrogen) atoms. The van der Waals surface area contributed by atoms with Gasteiger partial charge in [-0.2, -0.15) is 0 Å². The van der Waals surface area contributed by atoms with Gasteiger partial charge in [0.1, 0.15) is 6.04 Å². The molecule has 5 nitrogen and oxygen atoms in total. The zero-order valence-corrected chi connectivity index (χ0v) is 14.1. The van der Waals surface area contributed by atoms with Crippen molar-refractivity contribution in [3.8, 4) is 0 Å². The normalized spacial score (nSPS) is 23.7. The second-order valence-electron chi connectivity index (χ2n) is 7.06. The highest BCUT2D eigenvalue weighted by Crippen LogP contribution is 2.24. The average Bonchev–Trinajstić information content (AvgIpc) is 2.75. The second-order valence-corrected chi connectivity index (χ2v) is 7.06. The lowest BCUT2D eigenvalue weighted by Crippen LogP contribution is -2.52. The van der Waals surface area contributed by atoms with Crippen LogP contribution < -0.4 is 11.1 Å². The predicted octanol–water partition coefficient (Wildman–Crippen LogP) is 1.37. The van der Waals surface area contributed by atoms with Crippen LogP contribution in [0.4, 0.5) is 0 Å². The summed E-state index contributed by atoms with van der Waals surface area (Å²) in [5.41, 5.74) is 5.72. The van der Waals surface area contributed by atoms with Crippen LogP contribution in [0, 0.1) is 17.8 Å². The Morgan fingerprint density at radius 1 is 1.29 bits per heavy atom. The summed E-state index contributed by atoms with van der Waals surface area (Å²) in [5.74, 6) is 0.742. The maximum absolute atomic E-state index is 12.8. The van der Waals surface area contributed by atoms with E-state index in [0.29, 0.717) is 31.3 Å². The molecule has 0 aliphatic carbocycles. The third-order valence-corrected chi connectivity index (χ3v) is 4.12. The number of hydrogen-bond acceptors (Lipinski definition) is 3. The number of nitrogens with one attached hydrogen (secondary N) is 1. The Balaban J connectivity index is 2.72. The summed E-state index contributed by atoms with van der Waals surface area (Å²) in [6, 6.07) is -0.232. The van der Waals surface area contributed by atoms with Crippen molar-refractivity contribution in [1.29, 1.82) is 0 Å². The van der Waals surface area contributed by atoms with E-state index in [-0.39, 0.29) is 23.8 Å². The van der Waals surface area contributed by atoms with Crippen molar-refractivity contribution < 1.29 is 9.59 Å². The molecule has 0 aromatic heterocycles. The Labute approximate surface area is 128 Å². The van der Waals surface area contributed by atoms with Crippen molar-refractivity contribution in [3.63, 3.8) is 0 Å². The molecule has 0 radical (unpaired) electrons. The van der Waals surface area contributed by atoms with Crippen LogP contribution in [0.15, 0.2) is 0 Å². The molecule has 1 saturated heterocycles. The smallest absolute Gasteiger partial charge is 0.245 e. The molecule has 5 heteroatoms. The van der Waals surface area contributed by atoms with E-state index in [1.54, 1.807) is 0 Å². The average molecular weight is 297 g/mol. The van der Waals surface area contributed by atoms with Gasteiger partial charge < -0.3 is 16.0 Å². The zero-order valence-electron chi connectivity index (χ0n) is 14.1. The second kappa shape index (κ2) is 7.78. The number of likely N-dealkylation sites (tertiary alicyclic amines) is 1. The summed E-state index contributed by atoms with van der Waals surface area (Å²) >= 11 is 0. The highest BCUT2D eigenvalue weighted by Gasteiger charge is 2.36. The molecule has 1 aliphatic rings. The minimum atomic E-state index is -0.435. The highest BCUT2D eigenvalue weighted by molar-refractivity contribution is 5.88. The lowest BCUT2D eigenvalue weighted by molar-refractivity contribution is -0.138. The predicted molar refractivity (Wildman–Crippen MR) is 84.6 cm³/mol. The molecule has 0 spiro atoms. The highest BCUT2D eigenvalue weighted by atomic mass is 16.2. The van der Waals surface area contributed by atoms with Crippen LogP contribution in [0.5, 0.6) is 0 Å². The van der Waals surface area contributed by atoms with Gasteiger partial charge in [0, 0.05) is 19.0 Å². The summed E-state index contributed by atoms with van der Waals surface area (Å²) in [4.78, 5) is 26.6. The fourth-order valence-corrected chi connectivity index (χ4v) is 2.92. The van der Waals surface area contributed by atoms with Crippen LogP contribution in [0.2, 0.25) is 0 Å². The molecular weight excluding hydrogens is 266 g/mol. The zero-order chi connectivity index (χ0) is 16.2. The number of carbonyl (C=O) groups is 2. The molecule has 1 heterocycles. The molecule has 3 atom stereocenters. The molecule has 0 bridgehead atoms. The van der Waals surface area contributed by atoms with E-state index >= 15 is 0 Å². The van der Waals surface area contributed by atoms with Crippen molar-refractivity contribution in [2.75, 3.05) is 13.1 Å². The Hall–Kier alpha value is -1.10. The molecule has 1 aliphatic heterocycles. The number of carbonyl (C=O) groups excluding carboxylic acids is 2. The summed E-state index contributed by atoms with van der Waals surface area (Å²) in [5, 5.41) is 2.92. The number of hydrogen-bond donors (Lipinski definition) is 2. The van der Waals surface area contributed by atoms with Gasteiger partial charge in [0.25, 0.3) is 0 Å². The van der Waals surface area contributed by atoms with Crippen LogP contribution in [0.1, 0.15) is 47.5 Å². The van der Waals surface area contributed by atoms with Gasteiger partial charge in [-0.3, -0.25) is 9.59 Å². The third kappa shape index (κ3) is 4.99. The van der Waals surface area contributed by atoms with Crippen molar-refractivity contribution in [2.24, 2.45) is 23.5 Å². The fraction of sp³-hybridized carbons (Fsp3) is 0.875. The van der Waals surface area contributed by atoms with Crippen molar-refractivity contribution >= 4 is 11.8 Å². The minimum absolute atomic E-state index is 0.0329. The first-order chi connectivity index (χ1) is 9.76. The first kappa shape index (κ1) is 18.0. The summed E-state index contributed by atoms with van der Waals surface area (Å²) in [6.45, 7) is 11.3. The third-order valence-electron chi connectivity index (χ3n) is 4.12. The molecule has 0 saturated carbocycles. The van der Waals surface area contributed by atoms with E-state index in [1.165, 1.54) is 0 Å². The van der Waals surface area contributed by atoms with Crippen LogP contribution >= 0.6 is 0 Å². The van der Waals surface area contributed by atoms with Crippen LogP contribution in [-0.2, 0) is 9.59 Å². The van der Waals surface area contributed by atoms with Gasteiger partial charge in [0.05, 0.1) is 0 Å². The SMILES string of the molecule is CC(C)CC(=O)NC(C(=O)N1CC(CN)CC1C)C(C)C. The summed E-state index contributed by atoms with van der Waals surface area (Å²) < 4.78 is 0. The maximum atomic E-state index is 12.8. The standard InChI is InChI=1S/C16H31N3O2/c1-10(2)6-14(20)18-15(11(3)4)16(21)19-9-13(8-17)7-12(19)5/h10-13,15H,6-9,17H2,1-5H3,(H,18,20). The lowest BCUT2D eigenvalue weighted by Gasteiger charge is -2.30. The summed E-state index contributed by atoms with van der Waals surface area (Å²) in [6.07, 6.45) is 1.41. The van der Waals surface area contributed by atoms with E-state index < -0.39 is 6.04 Å². The molecule has 3 unspecified atom stereocenters. The first-order valence-electron chi connectivity index (χ1n) is 8.06. The van der Waals surface area contributed by atoms with Gasteiger partial charge in [-0.05, 0) is 37.6 Å². The molecule has 1 fully saturated rings. The van der Waals surface area contributed by atoms with Crippen molar-refractivity contribution in [2.45, 2.75) is 59.5 Å². The van der Waals surface area contributed by atoms with Crippen LogP contribution in [-0.4, -0.2) is 41.9 Å². The Morgan fingerprint density at radius 3 is 2.33 bits per heavy atom. The Morgan fingerprint density at radius 2 is 1.90 bits per heavy atom. The van der Waals surface area contributed by atoms with Crippen molar-refractivity contribution in [1.82, 2.24) is 10.2 Å². The molecule has 122 valence electrons. The number of rotatable bonds is 6. The largest absolute Gasteiger partial charge is 0.344 e. The monoisotopic (exact) mass is 297 g/mol. The minimum Gasteiger partial charge on any atom is -0.344 e. The molecule has 0 aromatic rings. The van der Waals surface area contributed by atoms with Gasteiger partial charge in [-0.1, -0.05) is 27.7 Å². The fourth-order valence-electron chi connectivity index (χ4n) is 2.92. The van der Waals surface area contributed by atoms with Gasteiger partial charge in [0.15, 0.2) is 0 Å². The quantitative estimate of drug-likeness (QED) is 0.777. The van der Waals surface area contributed by atoms with E-state index in [0.717, 1.165) is 6.42 Å². The first-order valence-corrected chi connectivity index (χ1v) is 8.06. The van der Waals surface area contributed by atoms with Crippen LogP contribution in [0.25, 0.3) is 0 Å². The number of nitrogens with zero attached hydrogens (tertiary/aromatic N) is 1. The van der Waals surface area contributed by atoms with Crippen LogP contribution in [0.3, 0.4) is 0 Å². The Bertz CT molecular complexity index is 369. The molecule has 0 aromatic carbocycles. The van der Waals surface area contributed by atoms with E-state index in [9.17, 15) is 9.59 Å². The van der Waals surface area contributed by atoms with E-state index in [4.69, 9.17) is 5.73 Å². The van der Waals surface area contributed by atoms with Crippen molar-refractivity contribution in [3.05, 3.63) is 0 Å².